The van der Waals surface area contributed by atoms with Crippen molar-refractivity contribution in [3.63, 3.8) is 0 Å². The van der Waals surface area contributed by atoms with Crippen molar-refractivity contribution >= 4 is 33.7 Å². The van der Waals surface area contributed by atoms with E-state index in [0.717, 1.165) is 52.5 Å². The van der Waals surface area contributed by atoms with E-state index in [2.05, 4.69) is 28.5 Å². The molecule has 2 aromatic rings. The topological polar surface area (TPSA) is 72.8 Å². The summed E-state index contributed by atoms with van der Waals surface area (Å²) in [6.45, 7) is 2.33. The number of benzene rings is 1. The molecular weight excluding hydrogens is 362 g/mol. The highest BCUT2D eigenvalue weighted by atomic mass is 32.2. The van der Waals surface area contributed by atoms with Crippen molar-refractivity contribution < 1.29 is 14.3 Å². The number of nitrogens with one attached hydrogen (secondary N) is 1. The largest absolute Gasteiger partial charge is 0.469 e. The first-order valence-corrected chi connectivity index (χ1v) is 10.1. The summed E-state index contributed by atoms with van der Waals surface area (Å²) in [6.07, 6.45) is 1.32. The predicted octanol–water partition coefficient (Wildman–Crippen LogP) is 2.79. The molecule has 0 unspecified atom stereocenters. The highest BCUT2D eigenvalue weighted by Crippen LogP contribution is 2.26. The summed E-state index contributed by atoms with van der Waals surface area (Å²) in [6, 6.07) is 10.2. The summed E-state index contributed by atoms with van der Waals surface area (Å²) in [5, 5.41) is 5.09. The molecule has 27 heavy (non-hydrogen) atoms. The van der Waals surface area contributed by atoms with Crippen molar-refractivity contribution in [3.05, 3.63) is 41.6 Å². The van der Waals surface area contributed by atoms with Gasteiger partial charge in [-0.05, 0) is 43.8 Å². The Morgan fingerprint density at radius 3 is 3.04 bits per heavy atom. The summed E-state index contributed by atoms with van der Waals surface area (Å²) in [4.78, 5) is 20.8. The summed E-state index contributed by atoms with van der Waals surface area (Å²) in [7, 11) is 3.35. The SMILES string of the molecule is CNCCCOCc1ccc2nc(C3=N[C@@H](CC(=O)OC)CS3)ccc2c1. The highest BCUT2D eigenvalue weighted by Gasteiger charge is 2.23. The zero-order valence-corrected chi connectivity index (χ0v) is 16.6. The van der Waals surface area contributed by atoms with Gasteiger partial charge in [0.25, 0.3) is 0 Å². The van der Waals surface area contributed by atoms with Crippen molar-refractivity contribution in [2.24, 2.45) is 4.99 Å². The lowest BCUT2D eigenvalue weighted by molar-refractivity contribution is -0.140. The summed E-state index contributed by atoms with van der Waals surface area (Å²) in [5.41, 5.74) is 2.94. The van der Waals surface area contributed by atoms with Gasteiger partial charge in [-0.2, -0.15) is 0 Å². The molecule has 3 rings (SSSR count). The Hall–Kier alpha value is -1.96. The monoisotopic (exact) mass is 387 g/mol. The van der Waals surface area contributed by atoms with Gasteiger partial charge in [-0.1, -0.05) is 12.1 Å². The quantitative estimate of drug-likeness (QED) is 0.527. The number of thioether (sulfide) groups is 1. The number of carbonyl (C=O) groups excluding carboxylic acids is 1. The number of fused-ring (bicyclic) bond motifs is 1. The second-order valence-corrected chi connectivity index (χ2v) is 7.42. The van der Waals surface area contributed by atoms with Gasteiger partial charge in [-0.25, -0.2) is 4.98 Å². The van der Waals surface area contributed by atoms with Gasteiger partial charge in [0, 0.05) is 17.7 Å². The van der Waals surface area contributed by atoms with E-state index >= 15 is 0 Å². The molecule has 0 radical (unpaired) electrons. The molecule has 1 aromatic heterocycles. The molecule has 2 heterocycles. The molecule has 0 bridgehead atoms. The van der Waals surface area contributed by atoms with Crippen LogP contribution in [0.3, 0.4) is 0 Å². The van der Waals surface area contributed by atoms with Crippen LogP contribution in [0.15, 0.2) is 35.3 Å². The third kappa shape index (κ3) is 5.51. The molecule has 7 heteroatoms. The van der Waals surface area contributed by atoms with Crippen molar-refractivity contribution in [1.82, 2.24) is 10.3 Å². The molecule has 0 saturated carbocycles. The first-order chi connectivity index (χ1) is 13.2. The number of pyridine rings is 1. The highest BCUT2D eigenvalue weighted by molar-refractivity contribution is 8.14. The minimum atomic E-state index is -0.224. The van der Waals surface area contributed by atoms with Crippen LogP contribution in [0.1, 0.15) is 24.1 Å². The lowest BCUT2D eigenvalue weighted by Gasteiger charge is -2.07. The Morgan fingerprint density at radius 2 is 2.22 bits per heavy atom. The summed E-state index contributed by atoms with van der Waals surface area (Å²) < 4.78 is 10.4. The van der Waals surface area contributed by atoms with Crippen LogP contribution in [0.25, 0.3) is 10.9 Å². The van der Waals surface area contributed by atoms with E-state index in [1.807, 2.05) is 19.2 Å². The maximum absolute atomic E-state index is 11.4. The number of carbonyl (C=O) groups is 1. The van der Waals surface area contributed by atoms with Crippen LogP contribution in [0.2, 0.25) is 0 Å². The fourth-order valence-corrected chi connectivity index (χ4v) is 3.89. The minimum absolute atomic E-state index is 0.0302. The number of aromatic nitrogens is 1. The maximum atomic E-state index is 11.4. The third-order valence-corrected chi connectivity index (χ3v) is 5.44. The van der Waals surface area contributed by atoms with Crippen LogP contribution in [-0.4, -0.2) is 55.1 Å². The van der Waals surface area contributed by atoms with Crippen LogP contribution in [-0.2, 0) is 20.9 Å². The van der Waals surface area contributed by atoms with Gasteiger partial charge in [-0.3, -0.25) is 9.79 Å². The van der Waals surface area contributed by atoms with Gasteiger partial charge in [0.1, 0.15) is 5.04 Å². The Bertz CT molecular complexity index is 825. The second kappa shape index (κ2) is 9.82. The Balaban J connectivity index is 1.65. The van der Waals surface area contributed by atoms with E-state index < -0.39 is 0 Å². The summed E-state index contributed by atoms with van der Waals surface area (Å²) in [5.74, 6) is 0.561. The third-order valence-electron chi connectivity index (χ3n) is 4.30. The lowest BCUT2D eigenvalue weighted by Crippen LogP contribution is -2.12. The molecule has 144 valence electrons. The average Bonchev–Trinajstić information content (AvgIpc) is 3.15. The smallest absolute Gasteiger partial charge is 0.307 e. The average molecular weight is 388 g/mol. The number of methoxy groups -OCH3 is 1. The predicted molar refractivity (Wildman–Crippen MR) is 109 cm³/mol. The lowest BCUT2D eigenvalue weighted by atomic mass is 10.1. The minimum Gasteiger partial charge on any atom is -0.469 e. The second-order valence-electron chi connectivity index (χ2n) is 6.41. The van der Waals surface area contributed by atoms with E-state index in [1.165, 1.54) is 7.11 Å². The van der Waals surface area contributed by atoms with E-state index in [0.29, 0.717) is 13.0 Å². The summed E-state index contributed by atoms with van der Waals surface area (Å²) >= 11 is 1.64. The van der Waals surface area contributed by atoms with Crippen molar-refractivity contribution in [3.8, 4) is 0 Å². The van der Waals surface area contributed by atoms with Crippen LogP contribution >= 0.6 is 11.8 Å². The number of aliphatic imine (C=N–C) groups is 1. The van der Waals surface area contributed by atoms with Gasteiger partial charge < -0.3 is 14.8 Å². The van der Waals surface area contributed by atoms with Gasteiger partial charge in [-0.15, -0.1) is 11.8 Å². The zero-order chi connectivity index (χ0) is 19.1. The molecule has 1 N–H and O–H groups in total. The Morgan fingerprint density at radius 1 is 1.33 bits per heavy atom. The Labute approximate surface area is 163 Å². The molecule has 0 spiro atoms. The molecule has 6 nitrogen and oxygen atoms in total. The van der Waals surface area contributed by atoms with E-state index in [9.17, 15) is 4.79 Å². The molecule has 1 aliphatic rings. The standard InChI is InChI=1S/C20H25N3O3S/c1-21-8-3-9-26-12-14-4-6-17-15(10-14)5-7-18(23-17)20-22-16(13-27-20)11-19(24)25-2/h4-7,10,16,21H,3,8-9,11-13H2,1-2H3/t16-/m0/s1. The Kier molecular flexibility index (Phi) is 7.20. The first-order valence-electron chi connectivity index (χ1n) is 9.09. The van der Waals surface area contributed by atoms with Gasteiger partial charge in [0.15, 0.2) is 0 Å². The van der Waals surface area contributed by atoms with Gasteiger partial charge >= 0.3 is 5.97 Å². The van der Waals surface area contributed by atoms with Crippen molar-refractivity contribution in [1.29, 1.82) is 0 Å². The number of nitrogens with zero attached hydrogens (tertiary/aromatic N) is 2. The first kappa shape index (κ1) is 19.8. The molecular formula is C20H25N3O3S. The molecule has 0 aliphatic carbocycles. The fourth-order valence-electron chi connectivity index (χ4n) is 2.86. The number of esters is 1. The molecule has 0 fully saturated rings. The molecule has 0 amide bonds. The van der Waals surface area contributed by atoms with Crippen molar-refractivity contribution in [2.75, 3.05) is 33.1 Å². The van der Waals surface area contributed by atoms with Crippen LogP contribution in [0.5, 0.6) is 0 Å². The van der Waals surface area contributed by atoms with E-state index in [-0.39, 0.29) is 12.0 Å². The fraction of sp³-hybridized carbons (Fsp3) is 0.450. The van der Waals surface area contributed by atoms with Crippen LogP contribution in [0.4, 0.5) is 0 Å². The molecule has 1 aliphatic heterocycles. The number of hydrogen-bond donors (Lipinski definition) is 1. The van der Waals surface area contributed by atoms with Crippen LogP contribution < -0.4 is 5.32 Å². The molecule has 1 atom stereocenters. The maximum Gasteiger partial charge on any atom is 0.307 e. The molecule has 1 aromatic carbocycles. The number of ether oxygens (including phenoxy) is 2. The normalized spacial score (nSPS) is 16.5. The number of rotatable bonds is 9. The van der Waals surface area contributed by atoms with Gasteiger partial charge in [0.2, 0.25) is 0 Å². The van der Waals surface area contributed by atoms with E-state index in [1.54, 1.807) is 11.8 Å². The van der Waals surface area contributed by atoms with Gasteiger partial charge in [0.05, 0.1) is 37.4 Å². The van der Waals surface area contributed by atoms with Crippen LogP contribution in [0, 0.1) is 0 Å². The zero-order valence-electron chi connectivity index (χ0n) is 15.7. The van der Waals surface area contributed by atoms with Crippen molar-refractivity contribution in [2.45, 2.75) is 25.5 Å². The van der Waals surface area contributed by atoms with E-state index in [4.69, 9.17) is 14.5 Å². The number of hydrogen-bond acceptors (Lipinski definition) is 7. The molecule has 0 saturated heterocycles.